The van der Waals surface area contributed by atoms with Gasteiger partial charge >= 0.3 is 5.97 Å². The summed E-state index contributed by atoms with van der Waals surface area (Å²) >= 11 is 0. The normalized spacial score (nSPS) is 10.7. The molecule has 0 spiro atoms. The van der Waals surface area contributed by atoms with Crippen LogP contribution in [-0.2, 0) is 11.3 Å². The summed E-state index contributed by atoms with van der Waals surface area (Å²) < 4.78 is 13.7. The van der Waals surface area contributed by atoms with E-state index in [1.54, 1.807) is 12.4 Å². The van der Waals surface area contributed by atoms with Crippen molar-refractivity contribution in [3.05, 3.63) is 59.2 Å². The first-order valence-electron chi connectivity index (χ1n) is 6.02. The SMILES string of the molecule is O=C(O)C=Cc1ccc(F)c(C(=O)NCc2cn[nH]c2)c1. The fourth-order valence-electron chi connectivity index (χ4n) is 1.64. The van der Waals surface area contributed by atoms with E-state index >= 15 is 0 Å². The lowest BCUT2D eigenvalue weighted by Crippen LogP contribution is -2.23. The van der Waals surface area contributed by atoms with Gasteiger partial charge in [-0.3, -0.25) is 9.89 Å². The Labute approximate surface area is 119 Å². The molecule has 6 nitrogen and oxygen atoms in total. The summed E-state index contributed by atoms with van der Waals surface area (Å²) in [6.07, 6.45) is 5.36. The number of carboxylic acid groups (broad SMARTS) is 1. The molecule has 1 aromatic heterocycles. The Morgan fingerprint density at radius 3 is 2.90 bits per heavy atom. The predicted octanol–water partition coefficient (Wildman–Crippen LogP) is 1.58. The first-order chi connectivity index (χ1) is 10.1. The van der Waals surface area contributed by atoms with E-state index in [-0.39, 0.29) is 12.1 Å². The van der Waals surface area contributed by atoms with Crippen molar-refractivity contribution in [2.24, 2.45) is 0 Å². The van der Waals surface area contributed by atoms with Crippen LogP contribution in [0.25, 0.3) is 6.08 Å². The van der Waals surface area contributed by atoms with Gasteiger partial charge in [-0.25, -0.2) is 9.18 Å². The molecule has 108 valence electrons. The van der Waals surface area contributed by atoms with Crippen LogP contribution in [-0.4, -0.2) is 27.2 Å². The van der Waals surface area contributed by atoms with Gasteiger partial charge in [-0.05, 0) is 23.8 Å². The van der Waals surface area contributed by atoms with Gasteiger partial charge in [0.2, 0.25) is 0 Å². The second kappa shape index (κ2) is 6.47. The molecule has 0 fully saturated rings. The molecule has 1 heterocycles. The molecule has 2 aromatic rings. The standard InChI is InChI=1S/C14H12FN3O3/c15-12-3-1-9(2-4-13(19)20)5-11(12)14(21)16-6-10-7-17-18-8-10/h1-5,7-8H,6H2,(H,16,21)(H,17,18)(H,19,20). The number of carbonyl (C=O) groups is 2. The van der Waals surface area contributed by atoms with Crippen LogP contribution in [0.5, 0.6) is 0 Å². The Morgan fingerprint density at radius 1 is 1.43 bits per heavy atom. The number of H-pyrrole nitrogens is 1. The van der Waals surface area contributed by atoms with Crippen molar-refractivity contribution in [3.63, 3.8) is 0 Å². The highest BCUT2D eigenvalue weighted by Gasteiger charge is 2.12. The van der Waals surface area contributed by atoms with Crippen molar-refractivity contribution >= 4 is 18.0 Å². The van der Waals surface area contributed by atoms with Gasteiger partial charge in [-0.15, -0.1) is 0 Å². The first kappa shape index (κ1) is 14.4. The van der Waals surface area contributed by atoms with Crippen molar-refractivity contribution in [1.29, 1.82) is 0 Å². The van der Waals surface area contributed by atoms with Gasteiger partial charge in [0.15, 0.2) is 0 Å². The minimum atomic E-state index is -1.12. The van der Waals surface area contributed by atoms with Crippen molar-refractivity contribution in [1.82, 2.24) is 15.5 Å². The van der Waals surface area contributed by atoms with Gasteiger partial charge in [-0.2, -0.15) is 5.10 Å². The summed E-state index contributed by atoms with van der Waals surface area (Å²) in [5, 5.41) is 17.4. The van der Waals surface area contributed by atoms with Crippen LogP contribution in [0.2, 0.25) is 0 Å². The number of benzene rings is 1. The zero-order chi connectivity index (χ0) is 15.2. The number of hydrogen-bond donors (Lipinski definition) is 3. The molecule has 0 aliphatic heterocycles. The fourth-order valence-corrected chi connectivity index (χ4v) is 1.64. The average molecular weight is 289 g/mol. The number of aromatic amines is 1. The maximum absolute atomic E-state index is 13.7. The molecule has 0 aliphatic rings. The van der Waals surface area contributed by atoms with Gasteiger partial charge in [0, 0.05) is 24.4 Å². The second-order valence-corrected chi connectivity index (χ2v) is 4.20. The molecule has 21 heavy (non-hydrogen) atoms. The largest absolute Gasteiger partial charge is 0.478 e. The Morgan fingerprint density at radius 2 is 2.24 bits per heavy atom. The summed E-state index contributed by atoms with van der Waals surface area (Å²) in [4.78, 5) is 22.4. The predicted molar refractivity (Wildman–Crippen MR) is 72.8 cm³/mol. The molecule has 0 bridgehead atoms. The number of nitrogens with one attached hydrogen (secondary N) is 2. The molecular weight excluding hydrogens is 277 g/mol. The highest BCUT2D eigenvalue weighted by Crippen LogP contribution is 2.12. The topological polar surface area (TPSA) is 95.1 Å². The summed E-state index contributed by atoms with van der Waals surface area (Å²) in [5.74, 6) is -2.38. The zero-order valence-corrected chi connectivity index (χ0v) is 10.8. The van der Waals surface area contributed by atoms with Gasteiger partial charge in [-0.1, -0.05) is 6.07 Å². The van der Waals surface area contributed by atoms with Crippen molar-refractivity contribution in [3.8, 4) is 0 Å². The number of carbonyl (C=O) groups excluding carboxylic acids is 1. The van der Waals surface area contributed by atoms with E-state index in [1.807, 2.05) is 0 Å². The summed E-state index contributed by atoms with van der Waals surface area (Å²) in [6.45, 7) is 0.212. The number of halogens is 1. The average Bonchev–Trinajstić information content (AvgIpc) is 2.97. The summed E-state index contributed by atoms with van der Waals surface area (Å²) in [5.41, 5.74) is 1.03. The Balaban J connectivity index is 2.12. The second-order valence-electron chi connectivity index (χ2n) is 4.20. The van der Waals surface area contributed by atoms with Gasteiger partial charge in [0.05, 0.1) is 11.8 Å². The van der Waals surface area contributed by atoms with E-state index in [0.717, 1.165) is 17.7 Å². The number of hydrogen-bond acceptors (Lipinski definition) is 3. The third-order valence-electron chi connectivity index (χ3n) is 2.66. The van der Waals surface area contributed by atoms with Crippen LogP contribution in [0, 0.1) is 5.82 Å². The van der Waals surface area contributed by atoms with E-state index in [2.05, 4.69) is 15.5 Å². The third kappa shape index (κ3) is 4.00. The zero-order valence-electron chi connectivity index (χ0n) is 10.8. The van der Waals surface area contributed by atoms with Crippen molar-refractivity contribution < 1.29 is 19.1 Å². The van der Waals surface area contributed by atoms with E-state index < -0.39 is 17.7 Å². The minimum Gasteiger partial charge on any atom is -0.478 e. The van der Waals surface area contributed by atoms with Crippen LogP contribution in [0.1, 0.15) is 21.5 Å². The van der Waals surface area contributed by atoms with E-state index in [9.17, 15) is 14.0 Å². The summed E-state index contributed by atoms with van der Waals surface area (Å²) in [7, 11) is 0. The molecule has 2 rings (SSSR count). The smallest absolute Gasteiger partial charge is 0.328 e. The van der Waals surface area contributed by atoms with Crippen LogP contribution >= 0.6 is 0 Å². The maximum atomic E-state index is 13.7. The number of amides is 1. The molecule has 0 atom stereocenters. The third-order valence-corrected chi connectivity index (χ3v) is 2.66. The molecular formula is C14H12FN3O3. The maximum Gasteiger partial charge on any atom is 0.328 e. The number of rotatable bonds is 5. The molecule has 7 heteroatoms. The van der Waals surface area contributed by atoms with Crippen LogP contribution in [0.15, 0.2) is 36.7 Å². The fraction of sp³-hybridized carbons (Fsp3) is 0.0714. The van der Waals surface area contributed by atoms with E-state index in [4.69, 9.17) is 5.11 Å². The summed E-state index contributed by atoms with van der Waals surface area (Å²) in [6, 6.07) is 3.80. The number of nitrogens with zero attached hydrogens (tertiary/aromatic N) is 1. The lowest BCUT2D eigenvalue weighted by atomic mass is 10.1. The molecule has 0 unspecified atom stereocenters. The van der Waals surface area contributed by atoms with Crippen molar-refractivity contribution in [2.75, 3.05) is 0 Å². The molecule has 1 aromatic carbocycles. The molecule has 0 saturated heterocycles. The number of aliphatic carboxylic acids is 1. The Kier molecular flexibility index (Phi) is 4.45. The van der Waals surface area contributed by atoms with Gasteiger partial charge in [0.1, 0.15) is 5.82 Å². The van der Waals surface area contributed by atoms with Crippen molar-refractivity contribution in [2.45, 2.75) is 6.54 Å². The van der Waals surface area contributed by atoms with Crippen LogP contribution in [0.3, 0.4) is 0 Å². The molecule has 0 radical (unpaired) electrons. The van der Waals surface area contributed by atoms with Crippen LogP contribution in [0.4, 0.5) is 4.39 Å². The highest BCUT2D eigenvalue weighted by atomic mass is 19.1. The molecule has 0 saturated carbocycles. The first-order valence-corrected chi connectivity index (χ1v) is 6.02. The quantitative estimate of drug-likeness (QED) is 0.728. The van der Waals surface area contributed by atoms with Crippen LogP contribution < -0.4 is 5.32 Å². The number of carboxylic acids is 1. The molecule has 3 N–H and O–H groups in total. The van der Waals surface area contributed by atoms with E-state index in [0.29, 0.717) is 5.56 Å². The molecule has 0 aliphatic carbocycles. The minimum absolute atomic E-state index is 0.147. The van der Waals surface area contributed by atoms with E-state index in [1.165, 1.54) is 18.2 Å². The Hall–Kier alpha value is -2.96. The van der Waals surface area contributed by atoms with Gasteiger partial charge < -0.3 is 10.4 Å². The highest BCUT2D eigenvalue weighted by molar-refractivity contribution is 5.95. The monoisotopic (exact) mass is 289 g/mol. The number of aromatic nitrogens is 2. The Bertz CT molecular complexity index is 681. The lowest BCUT2D eigenvalue weighted by Gasteiger charge is -2.06. The molecule has 1 amide bonds. The van der Waals surface area contributed by atoms with Gasteiger partial charge in [0.25, 0.3) is 5.91 Å². The lowest BCUT2D eigenvalue weighted by molar-refractivity contribution is -0.131.